The van der Waals surface area contributed by atoms with E-state index < -0.39 is 11.9 Å². The third-order valence-electron chi connectivity index (χ3n) is 3.22. The van der Waals surface area contributed by atoms with E-state index in [1.165, 1.54) is 6.07 Å². The third kappa shape index (κ3) is 3.10. The number of hydrogen-bond donors (Lipinski definition) is 2. The minimum Gasteiger partial charge on any atom is -0.368 e. The first-order valence-electron chi connectivity index (χ1n) is 5.87. The van der Waals surface area contributed by atoms with Crippen molar-refractivity contribution < 1.29 is 13.2 Å². The van der Waals surface area contributed by atoms with Crippen molar-refractivity contribution in [2.24, 2.45) is 11.7 Å². The number of rotatable bonds is 3. The van der Waals surface area contributed by atoms with Gasteiger partial charge in [0, 0.05) is 12.6 Å². The van der Waals surface area contributed by atoms with E-state index in [9.17, 15) is 13.2 Å². The molecule has 3 N–H and O–H groups in total. The van der Waals surface area contributed by atoms with Gasteiger partial charge in [-0.15, -0.1) is 10.2 Å². The fourth-order valence-electron chi connectivity index (χ4n) is 2.13. The lowest BCUT2D eigenvalue weighted by Gasteiger charge is -2.16. The molecule has 7 heteroatoms. The summed E-state index contributed by atoms with van der Waals surface area (Å²) in [6, 6.07) is 2.38. The number of nitrogens with zero attached hydrogens (tertiary/aromatic N) is 2. The van der Waals surface area contributed by atoms with Gasteiger partial charge in [0.25, 0.3) is 0 Å². The second-order valence-electron chi connectivity index (χ2n) is 4.54. The molecule has 100 valence electrons. The zero-order valence-electron chi connectivity index (χ0n) is 9.74. The van der Waals surface area contributed by atoms with Gasteiger partial charge in [-0.2, -0.15) is 13.2 Å². The van der Waals surface area contributed by atoms with Crippen LogP contribution in [0.1, 0.15) is 25.0 Å². The molecule has 0 saturated heterocycles. The van der Waals surface area contributed by atoms with Gasteiger partial charge in [-0.25, -0.2) is 0 Å². The first-order chi connectivity index (χ1) is 8.47. The molecular formula is C11H15F3N4. The number of halogens is 3. The van der Waals surface area contributed by atoms with E-state index in [0.29, 0.717) is 18.3 Å². The maximum atomic E-state index is 12.3. The maximum Gasteiger partial charge on any atom is 0.435 e. The summed E-state index contributed by atoms with van der Waals surface area (Å²) in [5, 5.41) is 9.63. The summed E-state index contributed by atoms with van der Waals surface area (Å²) in [5.41, 5.74) is 4.92. The molecule has 1 heterocycles. The van der Waals surface area contributed by atoms with E-state index in [0.717, 1.165) is 25.3 Å². The standard InChI is InChI=1S/C11H15F3N4/c12-11(13,14)9-4-5-10(18-17-9)16-6-7-2-1-3-8(7)15/h4-5,7-8H,1-3,6,15H2,(H,16,18). The SMILES string of the molecule is NC1CCCC1CNc1ccc(C(F)(F)F)nn1. The van der Waals surface area contributed by atoms with Crippen LogP contribution in [0.25, 0.3) is 0 Å². The molecule has 1 fully saturated rings. The zero-order chi connectivity index (χ0) is 13.2. The van der Waals surface area contributed by atoms with Crippen molar-refractivity contribution >= 4 is 5.82 Å². The molecule has 2 rings (SSSR count). The Balaban J connectivity index is 1.90. The molecule has 0 aromatic carbocycles. The molecule has 0 bridgehead atoms. The van der Waals surface area contributed by atoms with Crippen LogP contribution >= 0.6 is 0 Å². The van der Waals surface area contributed by atoms with E-state index >= 15 is 0 Å². The summed E-state index contributed by atoms with van der Waals surface area (Å²) in [7, 11) is 0. The fourth-order valence-corrected chi connectivity index (χ4v) is 2.13. The number of hydrogen-bond acceptors (Lipinski definition) is 4. The Bertz CT molecular complexity index is 390. The molecule has 2 atom stereocenters. The van der Waals surface area contributed by atoms with E-state index in [1.807, 2.05) is 0 Å². The van der Waals surface area contributed by atoms with Crippen LogP contribution in [0.2, 0.25) is 0 Å². The van der Waals surface area contributed by atoms with Crippen molar-refractivity contribution in [1.82, 2.24) is 10.2 Å². The van der Waals surface area contributed by atoms with Crippen LogP contribution in [0.4, 0.5) is 19.0 Å². The first kappa shape index (κ1) is 13.1. The highest BCUT2D eigenvalue weighted by atomic mass is 19.4. The number of nitrogens with two attached hydrogens (primary N) is 1. The van der Waals surface area contributed by atoms with Gasteiger partial charge in [-0.05, 0) is 30.9 Å². The average Bonchev–Trinajstić information content (AvgIpc) is 2.72. The van der Waals surface area contributed by atoms with Gasteiger partial charge in [-0.3, -0.25) is 0 Å². The first-order valence-corrected chi connectivity index (χ1v) is 5.87. The highest BCUT2D eigenvalue weighted by Crippen LogP contribution is 2.27. The molecule has 0 amide bonds. The number of anilines is 1. The number of nitrogens with one attached hydrogen (secondary N) is 1. The fraction of sp³-hybridized carbons (Fsp3) is 0.636. The number of alkyl halides is 3. The highest BCUT2D eigenvalue weighted by Gasteiger charge is 2.32. The van der Waals surface area contributed by atoms with Crippen LogP contribution in [0.3, 0.4) is 0 Å². The topological polar surface area (TPSA) is 63.8 Å². The van der Waals surface area contributed by atoms with Gasteiger partial charge in [0.2, 0.25) is 0 Å². The van der Waals surface area contributed by atoms with Crippen LogP contribution in [0.5, 0.6) is 0 Å². The Hall–Kier alpha value is -1.37. The Labute approximate surface area is 103 Å². The monoisotopic (exact) mass is 260 g/mol. The quantitative estimate of drug-likeness (QED) is 0.873. The van der Waals surface area contributed by atoms with Crippen LogP contribution < -0.4 is 11.1 Å². The lowest BCUT2D eigenvalue weighted by molar-refractivity contribution is -0.141. The average molecular weight is 260 g/mol. The molecule has 1 aliphatic rings. The van der Waals surface area contributed by atoms with Gasteiger partial charge in [0.05, 0.1) is 0 Å². The summed E-state index contributed by atoms with van der Waals surface area (Å²) in [6.07, 6.45) is -1.29. The van der Waals surface area contributed by atoms with Crippen LogP contribution in [0.15, 0.2) is 12.1 Å². The molecule has 1 aromatic heterocycles. The summed E-state index contributed by atoms with van der Waals surface area (Å²) >= 11 is 0. The summed E-state index contributed by atoms with van der Waals surface area (Å²) in [4.78, 5) is 0. The van der Waals surface area contributed by atoms with Crippen molar-refractivity contribution in [3.63, 3.8) is 0 Å². The second kappa shape index (κ2) is 5.09. The molecule has 4 nitrogen and oxygen atoms in total. The van der Waals surface area contributed by atoms with E-state index in [1.54, 1.807) is 0 Å². The lowest BCUT2D eigenvalue weighted by Crippen LogP contribution is -2.29. The van der Waals surface area contributed by atoms with E-state index in [2.05, 4.69) is 15.5 Å². The molecule has 1 saturated carbocycles. The highest BCUT2D eigenvalue weighted by molar-refractivity contribution is 5.33. The van der Waals surface area contributed by atoms with Crippen molar-refractivity contribution in [1.29, 1.82) is 0 Å². The maximum absolute atomic E-state index is 12.3. The predicted octanol–water partition coefficient (Wildman–Crippen LogP) is 2.03. The molecule has 2 unspecified atom stereocenters. The summed E-state index contributed by atoms with van der Waals surface area (Å²) in [5.74, 6) is 0.705. The van der Waals surface area contributed by atoms with Crippen molar-refractivity contribution in [3.05, 3.63) is 17.8 Å². The Kier molecular flexibility index (Phi) is 3.70. The van der Waals surface area contributed by atoms with Crippen molar-refractivity contribution in [2.75, 3.05) is 11.9 Å². The molecule has 1 aromatic rings. The summed E-state index contributed by atoms with van der Waals surface area (Å²) in [6.45, 7) is 0.626. The molecule has 0 spiro atoms. The van der Waals surface area contributed by atoms with E-state index in [4.69, 9.17) is 5.73 Å². The second-order valence-corrected chi connectivity index (χ2v) is 4.54. The molecule has 0 aliphatic heterocycles. The largest absolute Gasteiger partial charge is 0.435 e. The Morgan fingerprint density at radius 1 is 1.28 bits per heavy atom. The minimum atomic E-state index is -4.45. The summed E-state index contributed by atoms with van der Waals surface area (Å²) < 4.78 is 36.8. The Morgan fingerprint density at radius 2 is 2.06 bits per heavy atom. The van der Waals surface area contributed by atoms with Crippen molar-refractivity contribution in [2.45, 2.75) is 31.5 Å². The van der Waals surface area contributed by atoms with Crippen molar-refractivity contribution in [3.8, 4) is 0 Å². The van der Waals surface area contributed by atoms with Gasteiger partial charge < -0.3 is 11.1 Å². The normalized spacial score (nSPS) is 24.2. The smallest absolute Gasteiger partial charge is 0.368 e. The van der Waals surface area contributed by atoms with Crippen LogP contribution in [-0.2, 0) is 6.18 Å². The Morgan fingerprint density at radius 3 is 2.56 bits per heavy atom. The molecule has 0 radical (unpaired) electrons. The van der Waals surface area contributed by atoms with Crippen LogP contribution in [-0.4, -0.2) is 22.8 Å². The van der Waals surface area contributed by atoms with Gasteiger partial charge in [0.15, 0.2) is 5.69 Å². The third-order valence-corrected chi connectivity index (χ3v) is 3.22. The van der Waals surface area contributed by atoms with Crippen LogP contribution in [0, 0.1) is 5.92 Å². The minimum absolute atomic E-state index is 0.167. The molecule has 1 aliphatic carbocycles. The lowest BCUT2D eigenvalue weighted by atomic mass is 10.1. The van der Waals surface area contributed by atoms with Gasteiger partial charge in [-0.1, -0.05) is 6.42 Å². The van der Waals surface area contributed by atoms with E-state index in [-0.39, 0.29) is 6.04 Å². The molecule has 18 heavy (non-hydrogen) atoms. The van der Waals surface area contributed by atoms with Gasteiger partial charge in [0.1, 0.15) is 5.82 Å². The van der Waals surface area contributed by atoms with Gasteiger partial charge >= 0.3 is 6.18 Å². The predicted molar refractivity (Wildman–Crippen MR) is 60.8 cm³/mol. The number of aromatic nitrogens is 2. The zero-order valence-corrected chi connectivity index (χ0v) is 9.74. The molecular weight excluding hydrogens is 245 g/mol.